The second kappa shape index (κ2) is 12.0. The molecule has 5 rings (SSSR count). The summed E-state index contributed by atoms with van der Waals surface area (Å²) in [6, 6.07) is 17.7. The molecule has 1 saturated heterocycles. The van der Waals surface area contributed by atoms with Gasteiger partial charge < -0.3 is 29.9 Å². The molecule has 2 heterocycles. The Balaban J connectivity index is 1.07. The summed E-state index contributed by atoms with van der Waals surface area (Å²) < 4.78 is 12.3. The lowest BCUT2D eigenvalue weighted by molar-refractivity contribution is -0.116. The minimum Gasteiger partial charge on any atom is -0.448 e. The Morgan fingerprint density at radius 2 is 1.80 bits per heavy atom. The van der Waals surface area contributed by atoms with E-state index in [-0.39, 0.29) is 43.7 Å². The maximum atomic E-state index is 12.6. The molecular formula is C29H32N4O7. The fraction of sp³-hybridized carbons (Fsp3) is 0.379. The zero-order chi connectivity index (χ0) is 28.2. The Morgan fingerprint density at radius 3 is 2.42 bits per heavy atom. The Hall–Kier alpha value is -4.06. The van der Waals surface area contributed by atoms with Gasteiger partial charge in [-0.25, -0.2) is 9.59 Å². The van der Waals surface area contributed by atoms with Crippen molar-refractivity contribution in [1.82, 2.24) is 14.5 Å². The van der Waals surface area contributed by atoms with Gasteiger partial charge in [-0.15, -0.1) is 0 Å². The van der Waals surface area contributed by atoms with Crippen LogP contribution in [-0.2, 0) is 14.3 Å². The fourth-order valence-corrected chi connectivity index (χ4v) is 5.23. The van der Waals surface area contributed by atoms with E-state index in [0.717, 1.165) is 22.3 Å². The van der Waals surface area contributed by atoms with Gasteiger partial charge in [-0.05, 0) is 34.7 Å². The van der Waals surface area contributed by atoms with Crippen molar-refractivity contribution in [2.24, 2.45) is 0 Å². The van der Waals surface area contributed by atoms with Crippen LogP contribution >= 0.6 is 0 Å². The van der Waals surface area contributed by atoms with Gasteiger partial charge in [0.25, 0.3) is 0 Å². The van der Waals surface area contributed by atoms with E-state index in [0.29, 0.717) is 13.0 Å². The highest BCUT2D eigenvalue weighted by Gasteiger charge is 2.35. The van der Waals surface area contributed by atoms with E-state index in [9.17, 15) is 24.6 Å². The highest BCUT2D eigenvalue weighted by atomic mass is 16.6. The largest absolute Gasteiger partial charge is 0.448 e. The summed E-state index contributed by atoms with van der Waals surface area (Å²) in [6.45, 7) is 0.178. The molecule has 11 nitrogen and oxygen atoms in total. The van der Waals surface area contributed by atoms with Crippen LogP contribution in [0.2, 0.25) is 0 Å². The lowest BCUT2D eigenvalue weighted by atomic mass is 9.98. The Bertz CT molecular complexity index is 1400. The van der Waals surface area contributed by atoms with E-state index in [4.69, 9.17) is 9.47 Å². The van der Waals surface area contributed by atoms with Crippen LogP contribution in [0.3, 0.4) is 0 Å². The molecule has 3 atom stereocenters. The lowest BCUT2D eigenvalue weighted by Gasteiger charge is -2.19. The number of aliphatic hydroxyl groups excluding tert-OH is 2. The number of nitrogens with one attached hydrogen (secondary N) is 1. The minimum absolute atomic E-state index is 0.0279. The molecule has 0 bridgehead atoms. The number of fused-ring (bicyclic) bond motifs is 3. The number of aliphatic hydroxyl groups is 2. The van der Waals surface area contributed by atoms with Gasteiger partial charge in [0.15, 0.2) is 0 Å². The summed E-state index contributed by atoms with van der Waals surface area (Å²) in [6.07, 6.45) is -0.777. The molecule has 0 radical (unpaired) electrons. The summed E-state index contributed by atoms with van der Waals surface area (Å²) in [5, 5.41) is 21.7. The molecule has 0 spiro atoms. The maximum Gasteiger partial charge on any atom is 0.409 e. The van der Waals surface area contributed by atoms with Crippen LogP contribution in [-0.4, -0.2) is 75.7 Å². The van der Waals surface area contributed by atoms with Crippen molar-refractivity contribution in [3.05, 3.63) is 82.4 Å². The quantitative estimate of drug-likeness (QED) is 0.370. The number of carbonyl (C=O) groups is 2. The Kier molecular flexibility index (Phi) is 8.24. The molecule has 40 heavy (non-hydrogen) atoms. The highest BCUT2D eigenvalue weighted by Crippen LogP contribution is 2.44. The van der Waals surface area contributed by atoms with Crippen molar-refractivity contribution in [1.29, 1.82) is 0 Å². The molecule has 1 aliphatic carbocycles. The van der Waals surface area contributed by atoms with Crippen LogP contribution in [0, 0.1) is 0 Å². The molecule has 11 heteroatoms. The zero-order valence-electron chi connectivity index (χ0n) is 22.1. The van der Waals surface area contributed by atoms with E-state index in [1.807, 2.05) is 24.3 Å². The topological polar surface area (TPSA) is 143 Å². The number of ether oxygens (including phenoxy) is 2. The van der Waals surface area contributed by atoms with Gasteiger partial charge in [0.1, 0.15) is 24.8 Å². The van der Waals surface area contributed by atoms with Crippen LogP contribution in [0.25, 0.3) is 11.1 Å². The molecule has 0 saturated carbocycles. The van der Waals surface area contributed by atoms with Crippen molar-refractivity contribution < 1.29 is 29.3 Å². The van der Waals surface area contributed by atoms with Gasteiger partial charge >= 0.3 is 11.8 Å². The predicted molar refractivity (Wildman–Crippen MR) is 146 cm³/mol. The van der Waals surface area contributed by atoms with Crippen LogP contribution in [0.1, 0.15) is 42.5 Å². The number of carbonyl (C=O) groups excluding carboxylic acids is 2. The van der Waals surface area contributed by atoms with E-state index < -0.39 is 30.2 Å². The Labute approximate surface area is 231 Å². The van der Waals surface area contributed by atoms with Crippen LogP contribution < -0.4 is 11.0 Å². The SMILES string of the molecule is CN(CCCC(=O)Nc1ccn([C@H]2C[C@@H](O)[C@@H](CO)O2)c(=O)n1)C(=O)OCC1c2ccccc2-c2ccccc21. The molecule has 210 valence electrons. The van der Waals surface area contributed by atoms with Gasteiger partial charge in [-0.1, -0.05) is 48.5 Å². The third-order valence-corrected chi connectivity index (χ3v) is 7.34. The number of hydrogen-bond acceptors (Lipinski definition) is 8. The van der Waals surface area contributed by atoms with Gasteiger partial charge in [0.05, 0.1) is 12.7 Å². The summed E-state index contributed by atoms with van der Waals surface area (Å²) in [7, 11) is 1.63. The standard InChI is InChI=1S/C29H32N4O7/c1-32(29(38)39-17-22-20-9-4-2-7-18(20)19-8-3-5-10-21(19)22)13-6-11-26(36)30-25-12-14-33(28(37)31-25)27-15-23(35)24(16-34)40-27/h2-5,7-10,12,14,22-24,27,34-35H,6,11,13,15-17H2,1H3,(H,30,31,36,37)/t23-,24-,27-/m1/s1. The number of anilines is 1. The van der Waals surface area contributed by atoms with Gasteiger partial charge in [-0.3, -0.25) is 9.36 Å². The molecule has 2 amide bonds. The van der Waals surface area contributed by atoms with Crippen molar-refractivity contribution in [2.45, 2.75) is 43.6 Å². The van der Waals surface area contributed by atoms with E-state index >= 15 is 0 Å². The number of benzene rings is 2. The van der Waals surface area contributed by atoms with E-state index in [1.165, 1.54) is 21.7 Å². The minimum atomic E-state index is -0.882. The third-order valence-electron chi connectivity index (χ3n) is 7.34. The molecular weight excluding hydrogens is 516 g/mol. The monoisotopic (exact) mass is 548 g/mol. The average Bonchev–Trinajstić information content (AvgIpc) is 3.48. The highest BCUT2D eigenvalue weighted by molar-refractivity contribution is 5.89. The average molecular weight is 549 g/mol. The second-order valence-electron chi connectivity index (χ2n) is 9.99. The number of aromatic nitrogens is 2. The molecule has 3 N–H and O–H groups in total. The zero-order valence-corrected chi connectivity index (χ0v) is 22.1. The number of amides is 2. The van der Waals surface area contributed by atoms with Crippen LogP contribution in [0.15, 0.2) is 65.6 Å². The van der Waals surface area contributed by atoms with Crippen LogP contribution in [0.5, 0.6) is 0 Å². The molecule has 2 aliphatic rings. The van der Waals surface area contributed by atoms with Gasteiger partial charge in [0, 0.05) is 38.5 Å². The first-order valence-corrected chi connectivity index (χ1v) is 13.2. The number of hydrogen-bond donors (Lipinski definition) is 3. The number of rotatable bonds is 9. The summed E-state index contributed by atoms with van der Waals surface area (Å²) in [4.78, 5) is 42.7. The smallest absolute Gasteiger partial charge is 0.409 e. The number of nitrogens with zero attached hydrogens (tertiary/aromatic N) is 3. The van der Waals surface area contributed by atoms with Crippen molar-refractivity contribution in [3.63, 3.8) is 0 Å². The van der Waals surface area contributed by atoms with E-state index in [1.54, 1.807) is 7.05 Å². The first-order valence-electron chi connectivity index (χ1n) is 13.2. The van der Waals surface area contributed by atoms with Gasteiger partial charge in [0.2, 0.25) is 5.91 Å². The summed E-state index contributed by atoms with van der Waals surface area (Å²) in [5.41, 5.74) is 3.95. The second-order valence-corrected chi connectivity index (χ2v) is 9.99. The lowest BCUT2D eigenvalue weighted by Crippen LogP contribution is -2.30. The molecule has 0 unspecified atom stereocenters. The molecule has 1 aromatic heterocycles. The predicted octanol–water partition coefficient (Wildman–Crippen LogP) is 2.48. The first-order chi connectivity index (χ1) is 19.4. The van der Waals surface area contributed by atoms with Crippen molar-refractivity contribution >= 4 is 17.8 Å². The Morgan fingerprint density at radius 1 is 1.12 bits per heavy atom. The molecule has 3 aromatic rings. The summed E-state index contributed by atoms with van der Waals surface area (Å²) in [5.74, 6) is -0.285. The van der Waals surface area contributed by atoms with Crippen LogP contribution in [0.4, 0.5) is 10.6 Å². The molecule has 1 fully saturated rings. The normalized spacial score (nSPS) is 19.6. The van der Waals surface area contributed by atoms with Gasteiger partial charge in [-0.2, -0.15) is 4.98 Å². The maximum absolute atomic E-state index is 12.6. The summed E-state index contributed by atoms with van der Waals surface area (Å²) >= 11 is 0. The molecule has 1 aliphatic heterocycles. The van der Waals surface area contributed by atoms with E-state index in [2.05, 4.69) is 34.6 Å². The van der Waals surface area contributed by atoms with Crippen molar-refractivity contribution in [3.8, 4) is 11.1 Å². The third kappa shape index (κ3) is 5.76. The first kappa shape index (κ1) is 27.5. The fourth-order valence-electron chi connectivity index (χ4n) is 5.23. The molecule has 2 aromatic carbocycles. The van der Waals surface area contributed by atoms with Crippen molar-refractivity contribution in [2.75, 3.05) is 32.1 Å².